The number of anilines is 1. The number of allylic oxidation sites excluding steroid dienone is 11. The van der Waals surface area contributed by atoms with Gasteiger partial charge >= 0.3 is 0 Å². The van der Waals surface area contributed by atoms with Gasteiger partial charge < -0.3 is 15.0 Å². The number of carbonyl (C=O) groups excluding carboxylic acids is 1. The van der Waals surface area contributed by atoms with Gasteiger partial charge in [0.15, 0.2) is 0 Å². The van der Waals surface area contributed by atoms with E-state index in [0.717, 1.165) is 19.5 Å². The lowest BCUT2D eigenvalue weighted by Gasteiger charge is -2.27. The van der Waals surface area contributed by atoms with Crippen LogP contribution >= 0.6 is 0 Å². The minimum Gasteiger partial charge on any atom is -0.313 e. The molecular formula is C39H46N2O. The quantitative estimate of drug-likeness (QED) is 0.399. The minimum absolute atomic E-state index is 0.530. The highest BCUT2D eigenvalue weighted by Crippen LogP contribution is 2.50. The Balaban J connectivity index is 0.000000195. The summed E-state index contributed by atoms with van der Waals surface area (Å²) in [6, 6.07) is 17.3. The average molecular weight is 559 g/mol. The fraction of sp³-hybridized carbons (Fsp3) is 0.308. The highest BCUT2D eigenvalue weighted by Gasteiger charge is 2.37. The molecule has 2 atom stereocenters. The number of carbonyl (C=O) groups is 1. The summed E-state index contributed by atoms with van der Waals surface area (Å²) in [6.07, 6.45) is 27.3. The Labute approximate surface area is 253 Å². The number of nitrogens with zero attached hydrogens (tertiary/aromatic N) is 1. The van der Waals surface area contributed by atoms with E-state index in [4.69, 9.17) is 4.79 Å². The Bertz CT molecular complexity index is 1390. The molecule has 1 unspecified atom stereocenters. The Morgan fingerprint density at radius 1 is 0.881 bits per heavy atom. The van der Waals surface area contributed by atoms with Crippen molar-refractivity contribution < 1.29 is 4.79 Å². The highest BCUT2D eigenvalue weighted by atomic mass is 16.1. The van der Waals surface area contributed by atoms with Gasteiger partial charge in [-0.15, -0.1) is 0 Å². The molecule has 1 saturated heterocycles. The van der Waals surface area contributed by atoms with Crippen molar-refractivity contribution in [3.05, 3.63) is 149 Å². The molecule has 2 heterocycles. The zero-order valence-corrected chi connectivity index (χ0v) is 25.4. The maximum atomic E-state index is 8.00. The van der Waals surface area contributed by atoms with Crippen molar-refractivity contribution in [2.45, 2.75) is 58.3 Å². The predicted molar refractivity (Wildman–Crippen MR) is 180 cm³/mol. The standard InChI is InChI=1S/C23H26N2.C8H10.C7H8.CH2O/c1-16-11-12-23-19(13-16)18-8-3-2-4-9-21(18)25(23)22-10-6-5-7-17-14-24-15-20(17)22;1-2-8-6-4-3-5-7-8;1-7-5-3-2-4-6-7;1-2/h2,4,6,9-13,17-18,24H,3,5,7-8,14-15H2,1H3;2,4,6-7H,1,3,5H2;2-6H,1H3;1H2/t17?,18-;;;/m1.../s1. The molecule has 0 radical (unpaired) electrons. The normalized spacial score (nSPS) is 21.3. The summed E-state index contributed by atoms with van der Waals surface area (Å²) in [4.78, 5) is 10.6. The maximum Gasteiger partial charge on any atom is 0.106 e. The summed E-state index contributed by atoms with van der Waals surface area (Å²) in [5, 5.41) is 3.61. The summed E-state index contributed by atoms with van der Waals surface area (Å²) in [5.74, 6) is 1.22. The molecule has 218 valence electrons. The van der Waals surface area contributed by atoms with Gasteiger partial charge in [-0.05, 0) is 93.2 Å². The zero-order valence-electron chi connectivity index (χ0n) is 25.4. The maximum absolute atomic E-state index is 8.00. The second-order valence-corrected chi connectivity index (χ2v) is 11.3. The Morgan fingerprint density at radius 2 is 1.67 bits per heavy atom. The number of hydrogen-bond acceptors (Lipinski definition) is 3. The molecule has 0 saturated carbocycles. The van der Waals surface area contributed by atoms with Crippen molar-refractivity contribution in [1.82, 2.24) is 5.32 Å². The first-order valence-corrected chi connectivity index (χ1v) is 15.3. The van der Waals surface area contributed by atoms with E-state index in [1.165, 1.54) is 71.4 Å². The van der Waals surface area contributed by atoms with Crippen molar-refractivity contribution >= 4 is 12.5 Å². The van der Waals surface area contributed by atoms with Crippen molar-refractivity contribution in [3.8, 4) is 0 Å². The van der Waals surface area contributed by atoms with Crippen LogP contribution in [0, 0.1) is 19.8 Å². The molecule has 1 fully saturated rings. The van der Waals surface area contributed by atoms with Crippen LogP contribution in [-0.2, 0) is 4.79 Å². The molecular weight excluding hydrogens is 512 g/mol. The fourth-order valence-corrected chi connectivity index (χ4v) is 6.26. The lowest BCUT2D eigenvalue weighted by molar-refractivity contribution is -0.0979. The van der Waals surface area contributed by atoms with Crippen LogP contribution in [0.15, 0.2) is 132 Å². The third-order valence-corrected chi connectivity index (χ3v) is 8.37. The van der Waals surface area contributed by atoms with Crippen LogP contribution in [0.4, 0.5) is 5.69 Å². The first kappa shape index (κ1) is 31.0. The lowest BCUT2D eigenvalue weighted by Crippen LogP contribution is -2.21. The fourth-order valence-electron chi connectivity index (χ4n) is 6.26. The van der Waals surface area contributed by atoms with E-state index < -0.39 is 0 Å². The molecule has 0 bridgehead atoms. The minimum atomic E-state index is 0.530. The van der Waals surface area contributed by atoms with Gasteiger partial charge in [0.2, 0.25) is 0 Å². The van der Waals surface area contributed by atoms with E-state index in [1.807, 2.05) is 31.1 Å². The Morgan fingerprint density at radius 3 is 2.36 bits per heavy atom. The third-order valence-electron chi connectivity index (χ3n) is 8.37. The Kier molecular flexibility index (Phi) is 11.7. The summed E-state index contributed by atoms with van der Waals surface area (Å²) in [7, 11) is 0. The van der Waals surface area contributed by atoms with Crippen molar-refractivity contribution in [2.75, 3.05) is 18.0 Å². The van der Waals surface area contributed by atoms with E-state index >= 15 is 0 Å². The van der Waals surface area contributed by atoms with E-state index in [-0.39, 0.29) is 0 Å². The van der Waals surface area contributed by atoms with Crippen LogP contribution in [0.2, 0.25) is 0 Å². The SMILES string of the molecule is C=CC1=CCCC=C1.C=O.Cc1ccc2c(c1)[C@H]1CCC=CC=C1N2C1=C2CNCC2CCC=C1.Cc1ccccc1. The number of rotatable bonds is 2. The summed E-state index contributed by atoms with van der Waals surface area (Å²) in [5.41, 5.74) is 11.4. The van der Waals surface area contributed by atoms with Gasteiger partial charge in [0.25, 0.3) is 0 Å². The van der Waals surface area contributed by atoms with Gasteiger partial charge in [0, 0.05) is 36.1 Å². The molecule has 3 aliphatic carbocycles. The van der Waals surface area contributed by atoms with Gasteiger partial charge in [-0.2, -0.15) is 0 Å². The van der Waals surface area contributed by atoms with Crippen LogP contribution in [-0.4, -0.2) is 19.9 Å². The van der Waals surface area contributed by atoms with E-state index in [1.54, 1.807) is 5.57 Å². The van der Waals surface area contributed by atoms with Gasteiger partial charge in [-0.1, -0.05) is 103 Å². The lowest BCUT2D eigenvalue weighted by atomic mass is 9.93. The van der Waals surface area contributed by atoms with Crippen LogP contribution in [0.3, 0.4) is 0 Å². The third kappa shape index (κ3) is 7.66. The molecule has 0 amide bonds. The molecule has 7 rings (SSSR count). The van der Waals surface area contributed by atoms with Gasteiger partial charge in [0.05, 0.1) is 0 Å². The molecule has 3 heteroatoms. The number of aryl methyl sites for hydroxylation is 2. The second-order valence-electron chi connectivity index (χ2n) is 11.3. The molecule has 2 aliphatic heterocycles. The van der Waals surface area contributed by atoms with Gasteiger partial charge in [0.1, 0.15) is 6.79 Å². The second kappa shape index (κ2) is 15.9. The molecule has 0 spiro atoms. The zero-order chi connectivity index (χ0) is 29.7. The highest BCUT2D eigenvalue weighted by molar-refractivity contribution is 5.75. The van der Waals surface area contributed by atoms with Crippen LogP contribution < -0.4 is 10.2 Å². The topological polar surface area (TPSA) is 32.3 Å². The Hall–Kier alpha value is -3.95. The number of hydrogen-bond donors (Lipinski definition) is 1. The molecule has 2 aromatic rings. The van der Waals surface area contributed by atoms with Crippen molar-refractivity contribution in [3.63, 3.8) is 0 Å². The van der Waals surface area contributed by atoms with Gasteiger partial charge in [-0.3, -0.25) is 0 Å². The first-order valence-electron chi connectivity index (χ1n) is 15.3. The predicted octanol–water partition coefficient (Wildman–Crippen LogP) is 9.21. The van der Waals surface area contributed by atoms with E-state index in [2.05, 4.69) is 110 Å². The summed E-state index contributed by atoms with van der Waals surface area (Å²) < 4.78 is 0. The molecule has 0 aromatic heterocycles. The van der Waals surface area contributed by atoms with Crippen LogP contribution in [0.25, 0.3) is 0 Å². The number of fused-ring (bicyclic) bond motifs is 4. The van der Waals surface area contributed by atoms with E-state index in [9.17, 15) is 0 Å². The van der Waals surface area contributed by atoms with Crippen LogP contribution in [0.5, 0.6) is 0 Å². The molecule has 2 aromatic carbocycles. The average Bonchev–Trinajstić information content (AvgIpc) is 3.44. The number of benzene rings is 2. The smallest absolute Gasteiger partial charge is 0.106 e. The first-order chi connectivity index (χ1) is 20.7. The molecule has 42 heavy (non-hydrogen) atoms. The van der Waals surface area contributed by atoms with Crippen molar-refractivity contribution in [2.24, 2.45) is 5.92 Å². The molecule has 1 N–H and O–H groups in total. The summed E-state index contributed by atoms with van der Waals surface area (Å²) in [6.45, 7) is 12.1. The molecule has 3 nitrogen and oxygen atoms in total. The van der Waals surface area contributed by atoms with Crippen molar-refractivity contribution in [1.29, 1.82) is 0 Å². The number of nitrogens with one attached hydrogen (secondary N) is 1. The van der Waals surface area contributed by atoms with E-state index in [0.29, 0.717) is 11.8 Å². The largest absolute Gasteiger partial charge is 0.313 e. The van der Waals surface area contributed by atoms with Gasteiger partial charge in [-0.25, -0.2) is 0 Å². The summed E-state index contributed by atoms with van der Waals surface area (Å²) >= 11 is 0. The van der Waals surface area contributed by atoms with Crippen LogP contribution in [0.1, 0.15) is 61.1 Å². The molecule has 5 aliphatic rings. The monoisotopic (exact) mass is 558 g/mol.